The van der Waals surface area contributed by atoms with Gasteiger partial charge in [-0.15, -0.1) is 0 Å². The average Bonchev–Trinajstić information content (AvgIpc) is 3.28. The second-order valence-corrected chi connectivity index (χ2v) is 9.44. The Kier molecular flexibility index (Phi) is 9.59. The van der Waals surface area contributed by atoms with Gasteiger partial charge in [0.2, 0.25) is 22.8 Å². The van der Waals surface area contributed by atoms with Gasteiger partial charge in [0.15, 0.2) is 0 Å². The Morgan fingerprint density at radius 3 is 2.38 bits per heavy atom. The Morgan fingerprint density at radius 2 is 1.56 bits per heavy atom. The maximum atomic E-state index is 12.7. The van der Waals surface area contributed by atoms with E-state index in [4.69, 9.17) is 0 Å². The van der Waals surface area contributed by atoms with Crippen LogP contribution in [-0.4, -0.2) is 46.1 Å². The van der Waals surface area contributed by atoms with Gasteiger partial charge >= 0.3 is 0 Å². The van der Waals surface area contributed by atoms with Crippen molar-refractivity contribution in [1.82, 2.24) is 10.2 Å². The normalized spacial score (nSPS) is 22.9. The van der Waals surface area contributed by atoms with Gasteiger partial charge in [-0.2, -0.15) is 0 Å². The molecule has 0 bridgehead atoms. The zero-order valence-corrected chi connectivity index (χ0v) is 19.4. The van der Waals surface area contributed by atoms with Crippen molar-refractivity contribution in [2.45, 2.75) is 76.8 Å². The van der Waals surface area contributed by atoms with Crippen molar-refractivity contribution in [1.29, 1.82) is 0 Å². The first kappa shape index (κ1) is 24.3. The molecule has 1 fully saturated rings. The lowest BCUT2D eigenvalue weighted by Crippen LogP contribution is -2.40. The van der Waals surface area contributed by atoms with Crippen LogP contribution in [0.3, 0.4) is 0 Å². The van der Waals surface area contributed by atoms with Crippen molar-refractivity contribution in [3.05, 3.63) is 29.8 Å². The Balaban J connectivity index is 1.63. The van der Waals surface area contributed by atoms with Gasteiger partial charge < -0.3 is 15.5 Å². The van der Waals surface area contributed by atoms with Crippen LogP contribution in [0.15, 0.2) is 24.3 Å². The fraction of sp³-hybridized carbons (Fsp3) is 0.583. The standard InChI is InChI=1S/C24H33N3O4S/c28-21-13-5-3-1-2-4-6-14-23(30)27-15-9-12-20(27)24(31)32-17-22(29)25-16-18-10-7-8-11-19(18)26-21/h7-8,10-11,20H,1-6,9,12-17H2,(H,25,29)(H,26,28). The van der Waals surface area contributed by atoms with Gasteiger partial charge in [-0.25, -0.2) is 0 Å². The van der Waals surface area contributed by atoms with Crippen molar-refractivity contribution in [2.75, 3.05) is 17.6 Å². The number of amides is 3. The number of hydrogen-bond donors (Lipinski definition) is 2. The first-order valence-corrected chi connectivity index (χ1v) is 12.6. The number of benzene rings is 1. The summed E-state index contributed by atoms with van der Waals surface area (Å²) in [5.41, 5.74) is 1.52. The molecule has 0 saturated carbocycles. The molecule has 1 unspecified atom stereocenters. The molecule has 0 aromatic heterocycles. The SMILES string of the molecule is O=C1CSC(=O)C2CCCN2C(=O)CCCCCCCCC(=O)Nc2ccccc2CN1. The summed E-state index contributed by atoms with van der Waals surface area (Å²) in [6.07, 6.45) is 8.15. The molecule has 0 spiro atoms. The smallest absolute Gasteiger partial charge is 0.230 e. The predicted octanol–water partition coefficient (Wildman–Crippen LogP) is 3.63. The molecule has 8 heteroatoms. The van der Waals surface area contributed by atoms with Gasteiger partial charge in [0, 0.05) is 31.6 Å². The second-order valence-electron chi connectivity index (χ2n) is 8.46. The third-order valence-corrected chi connectivity index (χ3v) is 6.97. The predicted molar refractivity (Wildman–Crippen MR) is 126 cm³/mol. The molecule has 3 amide bonds. The van der Waals surface area contributed by atoms with Gasteiger partial charge in [-0.05, 0) is 37.3 Å². The van der Waals surface area contributed by atoms with Crippen LogP contribution < -0.4 is 10.6 Å². The summed E-state index contributed by atoms with van der Waals surface area (Å²) in [7, 11) is 0. The van der Waals surface area contributed by atoms with Gasteiger partial charge in [-0.1, -0.05) is 55.6 Å². The average molecular weight is 460 g/mol. The zero-order valence-electron chi connectivity index (χ0n) is 18.6. The maximum Gasteiger partial charge on any atom is 0.230 e. The van der Waals surface area contributed by atoms with E-state index in [0.29, 0.717) is 31.5 Å². The van der Waals surface area contributed by atoms with Crippen LogP contribution in [0, 0.1) is 0 Å². The Bertz CT molecular complexity index is 829. The highest BCUT2D eigenvalue weighted by atomic mass is 32.2. The van der Waals surface area contributed by atoms with Gasteiger partial charge in [0.1, 0.15) is 6.04 Å². The highest BCUT2D eigenvalue weighted by molar-refractivity contribution is 8.14. The Morgan fingerprint density at radius 1 is 0.844 bits per heavy atom. The monoisotopic (exact) mass is 459 g/mol. The summed E-state index contributed by atoms with van der Waals surface area (Å²) < 4.78 is 0. The molecule has 174 valence electrons. The van der Waals surface area contributed by atoms with Gasteiger partial charge in [0.05, 0.1) is 5.75 Å². The van der Waals surface area contributed by atoms with Crippen LogP contribution in [0.5, 0.6) is 0 Å². The molecular weight excluding hydrogens is 426 g/mol. The minimum Gasteiger partial charge on any atom is -0.351 e. The minimum absolute atomic E-state index is 0.0197. The first-order chi connectivity index (χ1) is 15.5. The van der Waals surface area contributed by atoms with E-state index in [1.165, 1.54) is 0 Å². The van der Waals surface area contributed by atoms with Crippen molar-refractivity contribution in [3.63, 3.8) is 0 Å². The number of nitrogens with one attached hydrogen (secondary N) is 2. The fourth-order valence-electron chi connectivity index (χ4n) is 4.21. The molecule has 3 rings (SSSR count). The van der Waals surface area contributed by atoms with E-state index in [0.717, 1.165) is 62.3 Å². The maximum absolute atomic E-state index is 12.7. The highest BCUT2D eigenvalue weighted by Gasteiger charge is 2.33. The van der Waals surface area contributed by atoms with Gasteiger partial charge in [-0.3, -0.25) is 19.2 Å². The van der Waals surface area contributed by atoms with E-state index in [1.807, 2.05) is 24.3 Å². The molecule has 32 heavy (non-hydrogen) atoms. The number of anilines is 1. The third-order valence-electron chi connectivity index (χ3n) is 6.00. The summed E-state index contributed by atoms with van der Waals surface area (Å²) in [6, 6.07) is 7.00. The Labute approximate surface area is 194 Å². The second kappa shape index (κ2) is 12.6. The molecule has 1 aromatic rings. The van der Waals surface area contributed by atoms with Crippen molar-refractivity contribution >= 4 is 40.3 Å². The summed E-state index contributed by atoms with van der Waals surface area (Å²) in [4.78, 5) is 51.6. The lowest BCUT2D eigenvalue weighted by Gasteiger charge is -2.23. The number of hydrogen-bond acceptors (Lipinski definition) is 5. The number of nitrogens with zero attached hydrogens (tertiary/aromatic N) is 1. The quantitative estimate of drug-likeness (QED) is 0.618. The summed E-state index contributed by atoms with van der Waals surface area (Å²) in [5, 5.41) is 5.67. The lowest BCUT2D eigenvalue weighted by molar-refractivity contribution is -0.135. The van der Waals surface area contributed by atoms with E-state index in [9.17, 15) is 19.2 Å². The molecule has 1 saturated heterocycles. The molecular formula is C24H33N3O4S. The van der Waals surface area contributed by atoms with Crippen LogP contribution in [0.1, 0.15) is 69.8 Å². The summed E-state index contributed by atoms with van der Waals surface area (Å²) >= 11 is 0.982. The van der Waals surface area contributed by atoms with Gasteiger partial charge in [0.25, 0.3) is 0 Å². The van der Waals surface area contributed by atoms with Crippen LogP contribution in [0.2, 0.25) is 0 Å². The molecule has 2 N–H and O–H groups in total. The number of carbonyl (C=O) groups is 4. The van der Waals surface area contributed by atoms with Crippen LogP contribution in [0.25, 0.3) is 0 Å². The number of rotatable bonds is 0. The van der Waals surface area contributed by atoms with E-state index < -0.39 is 6.04 Å². The lowest BCUT2D eigenvalue weighted by atomic mass is 10.1. The number of para-hydroxylation sites is 1. The number of fused-ring (bicyclic) bond motifs is 2. The van der Waals surface area contributed by atoms with Crippen molar-refractivity contribution in [3.8, 4) is 0 Å². The van der Waals surface area contributed by atoms with Crippen LogP contribution in [0.4, 0.5) is 5.69 Å². The van der Waals surface area contributed by atoms with E-state index in [2.05, 4.69) is 10.6 Å². The van der Waals surface area contributed by atoms with E-state index >= 15 is 0 Å². The molecule has 0 radical (unpaired) electrons. The number of carbonyl (C=O) groups excluding carboxylic acids is 4. The molecule has 1 atom stereocenters. The first-order valence-electron chi connectivity index (χ1n) is 11.6. The van der Waals surface area contributed by atoms with Crippen LogP contribution in [-0.2, 0) is 25.7 Å². The zero-order chi connectivity index (χ0) is 22.8. The highest BCUT2D eigenvalue weighted by Crippen LogP contribution is 2.24. The largest absolute Gasteiger partial charge is 0.351 e. The fourth-order valence-corrected chi connectivity index (χ4v) is 5.02. The van der Waals surface area contributed by atoms with E-state index in [-0.39, 0.29) is 35.1 Å². The number of thioether (sulfide) groups is 1. The van der Waals surface area contributed by atoms with Crippen molar-refractivity contribution < 1.29 is 19.2 Å². The molecule has 7 nitrogen and oxygen atoms in total. The Hall–Kier alpha value is -2.35. The summed E-state index contributed by atoms with van der Waals surface area (Å²) in [6.45, 7) is 0.901. The minimum atomic E-state index is -0.412. The van der Waals surface area contributed by atoms with Crippen molar-refractivity contribution in [2.24, 2.45) is 0 Å². The molecule has 1 aromatic carbocycles. The van der Waals surface area contributed by atoms with E-state index in [1.54, 1.807) is 4.90 Å². The summed E-state index contributed by atoms with van der Waals surface area (Å²) in [5.74, 6) is -0.204. The molecule has 2 heterocycles. The topological polar surface area (TPSA) is 95.6 Å². The molecule has 2 aliphatic heterocycles. The molecule has 0 aliphatic carbocycles. The molecule has 2 aliphatic rings. The van der Waals surface area contributed by atoms with Crippen LogP contribution >= 0.6 is 11.8 Å². The third kappa shape index (κ3) is 7.36.